The van der Waals surface area contributed by atoms with Gasteiger partial charge in [-0.25, -0.2) is 4.98 Å². The van der Waals surface area contributed by atoms with Crippen molar-refractivity contribution in [3.8, 4) is 0 Å². The number of aromatic nitrogens is 2. The highest BCUT2D eigenvalue weighted by Crippen LogP contribution is 2.35. The molecule has 128 valence electrons. The molecule has 1 aliphatic rings. The number of nitrogens with two attached hydrogens (primary N) is 1. The smallest absolute Gasteiger partial charge is 0.222 e. The molecule has 0 aliphatic carbocycles. The van der Waals surface area contributed by atoms with Gasteiger partial charge in [0, 0.05) is 35.0 Å². The van der Waals surface area contributed by atoms with Crippen LogP contribution in [0.25, 0.3) is 0 Å². The molecule has 1 aromatic heterocycles. The van der Waals surface area contributed by atoms with Gasteiger partial charge in [0.05, 0.1) is 12.6 Å². The van der Waals surface area contributed by atoms with E-state index in [4.69, 9.17) is 33.7 Å². The number of rotatable bonds is 2. The predicted octanol–water partition coefficient (Wildman–Crippen LogP) is 3.95. The van der Waals surface area contributed by atoms with Crippen LogP contribution in [0.1, 0.15) is 29.3 Å². The van der Waals surface area contributed by atoms with E-state index in [0.29, 0.717) is 23.3 Å². The average molecular weight is 367 g/mol. The summed E-state index contributed by atoms with van der Waals surface area (Å²) in [5.41, 5.74) is 8.55. The van der Waals surface area contributed by atoms with E-state index in [0.717, 1.165) is 35.6 Å². The number of benzene rings is 1. The highest BCUT2D eigenvalue weighted by molar-refractivity contribution is 6.34. The van der Waals surface area contributed by atoms with Crippen LogP contribution in [-0.4, -0.2) is 29.7 Å². The van der Waals surface area contributed by atoms with Crippen molar-refractivity contribution in [2.24, 2.45) is 0 Å². The third-order valence-electron chi connectivity index (χ3n) is 4.13. The molecule has 24 heavy (non-hydrogen) atoms. The zero-order valence-electron chi connectivity index (χ0n) is 13.7. The molecule has 1 aliphatic heterocycles. The van der Waals surface area contributed by atoms with Crippen molar-refractivity contribution in [1.82, 2.24) is 9.97 Å². The van der Waals surface area contributed by atoms with Crippen molar-refractivity contribution in [2.75, 3.05) is 30.4 Å². The number of hydrogen-bond donors (Lipinski definition) is 1. The summed E-state index contributed by atoms with van der Waals surface area (Å²) in [6, 6.07) is 5.66. The number of nitrogens with zero attached hydrogens (tertiary/aromatic N) is 3. The molecule has 7 heteroatoms. The van der Waals surface area contributed by atoms with Crippen LogP contribution >= 0.6 is 23.2 Å². The first-order valence-electron chi connectivity index (χ1n) is 7.87. The molecule has 0 radical (unpaired) electrons. The van der Waals surface area contributed by atoms with Gasteiger partial charge in [-0.15, -0.1) is 0 Å². The lowest BCUT2D eigenvalue weighted by atomic mass is 10.0. The number of anilines is 2. The molecule has 0 amide bonds. The maximum Gasteiger partial charge on any atom is 0.222 e. The van der Waals surface area contributed by atoms with E-state index in [1.165, 1.54) is 0 Å². The van der Waals surface area contributed by atoms with Gasteiger partial charge in [-0.05, 0) is 43.5 Å². The van der Waals surface area contributed by atoms with Gasteiger partial charge in [-0.2, -0.15) is 4.98 Å². The Morgan fingerprint density at radius 1 is 1.17 bits per heavy atom. The summed E-state index contributed by atoms with van der Waals surface area (Å²) in [7, 11) is 0. The lowest BCUT2D eigenvalue weighted by molar-refractivity contribution is 0.134. The van der Waals surface area contributed by atoms with Crippen molar-refractivity contribution in [1.29, 1.82) is 0 Å². The molecule has 2 heterocycles. The topological polar surface area (TPSA) is 64.3 Å². The van der Waals surface area contributed by atoms with Crippen molar-refractivity contribution in [2.45, 2.75) is 26.3 Å². The fourth-order valence-corrected chi connectivity index (χ4v) is 3.46. The maximum atomic E-state index is 6.51. The normalized spacial score (nSPS) is 18.5. The summed E-state index contributed by atoms with van der Waals surface area (Å²) >= 11 is 12.8. The highest BCUT2D eigenvalue weighted by Gasteiger charge is 2.27. The van der Waals surface area contributed by atoms with E-state index in [-0.39, 0.29) is 12.0 Å². The van der Waals surface area contributed by atoms with Crippen LogP contribution in [0.15, 0.2) is 18.2 Å². The molecule has 1 aromatic carbocycles. The molecule has 1 atom stereocenters. The minimum atomic E-state index is -0.0770. The van der Waals surface area contributed by atoms with E-state index in [2.05, 4.69) is 14.9 Å². The van der Waals surface area contributed by atoms with Crippen LogP contribution in [0.3, 0.4) is 0 Å². The van der Waals surface area contributed by atoms with Crippen molar-refractivity contribution >= 4 is 35.0 Å². The zero-order valence-corrected chi connectivity index (χ0v) is 15.2. The molecule has 1 saturated heterocycles. The largest absolute Gasteiger partial charge is 0.379 e. The third kappa shape index (κ3) is 3.58. The lowest BCUT2D eigenvalue weighted by Gasteiger charge is -2.31. The standard InChI is InChI=1S/C17H20Cl2N4O/c1-10-6-14(19)12(8-13(10)18)15-9-24-5-3-4-23(15)16-7-11(2)21-17(20)22-16/h6-8,15H,3-5,9H2,1-2H3,(H2,20,21,22). The summed E-state index contributed by atoms with van der Waals surface area (Å²) < 4.78 is 5.78. The molecule has 2 aromatic rings. The molecule has 0 saturated carbocycles. The summed E-state index contributed by atoms with van der Waals surface area (Å²) in [4.78, 5) is 10.7. The maximum absolute atomic E-state index is 6.51. The minimum absolute atomic E-state index is 0.0770. The first kappa shape index (κ1) is 17.3. The van der Waals surface area contributed by atoms with E-state index in [1.807, 2.05) is 32.0 Å². The van der Waals surface area contributed by atoms with Gasteiger partial charge in [-0.3, -0.25) is 0 Å². The zero-order chi connectivity index (χ0) is 17.3. The molecule has 0 spiro atoms. The Labute approximate surface area is 151 Å². The SMILES string of the molecule is Cc1cc(N2CCCOCC2c2cc(Cl)c(C)cc2Cl)nc(N)n1. The first-order chi connectivity index (χ1) is 11.5. The van der Waals surface area contributed by atoms with E-state index < -0.39 is 0 Å². The number of aryl methyl sites for hydroxylation is 2. The van der Waals surface area contributed by atoms with E-state index in [9.17, 15) is 0 Å². The highest BCUT2D eigenvalue weighted by atomic mass is 35.5. The molecule has 2 N–H and O–H groups in total. The van der Waals surface area contributed by atoms with Crippen molar-refractivity contribution < 1.29 is 4.74 Å². The minimum Gasteiger partial charge on any atom is -0.379 e. The molecule has 1 unspecified atom stereocenters. The second kappa shape index (κ2) is 7.13. The molecular formula is C17H20Cl2N4O. The fraction of sp³-hybridized carbons (Fsp3) is 0.412. The molecule has 3 rings (SSSR count). The Morgan fingerprint density at radius 3 is 2.71 bits per heavy atom. The monoisotopic (exact) mass is 366 g/mol. The summed E-state index contributed by atoms with van der Waals surface area (Å²) in [6.07, 6.45) is 0.899. The third-order valence-corrected chi connectivity index (χ3v) is 4.86. The fourth-order valence-electron chi connectivity index (χ4n) is 2.95. The number of nitrogen functional groups attached to an aromatic ring is 1. The number of ether oxygens (including phenoxy) is 1. The summed E-state index contributed by atoms with van der Waals surface area (Å²) in [5.74, 6) is 1.05. The van der Waals surface area contributed by atoms with Crippen LogP contribution in [0.2, 0.25) is 10.0 Å². The Balaban J connectivity index is 2.06. The average Bonchev–Trinajstić information content (AvgIpc) is 2.75. The van der Waals surface area contributed by atoms with Gasteiger partial charge in [0.1, 0.15) is 5.82 Å². The molecule has 1 fully saturated rings. The van der Waals surface area contributed by atoms with Crippen molar-refractivity contribution in [3.63, 3.8) is 0 Å². The Morgan fingerprint density at radius 2 is 1.96 bits per heavy atom. The number of hydrogen-bond acceptors (Lipinski definition) is 5. The van der Waals surface area contributed by atoms with Crippen LogP contribution in [0, 0.1) is 13.8 Å². The Kier molecular flexibility index (Phi) is 5.13. The van der Waals surface area contributed by atoms with Gasteiger partial charge in [0.15, 0.2) is 0 Å². The van der Waals surface area contributed by atoms with Gasteiger partial charge in [0.25, 0.3) is 0 Å². The van der Waals surface area contributed by atoms with Crippen LogP contribution in [0.4, 0.5) is 11.8 Å². The summed E-state index contributed by atoms with van der Waals surface area (Å²) in [6.45, 7) is 5.85. The lowest BCUT2D eigenvalue weighted by Crippen LogP contribution is -2.32. The van der Waals surface area contributed by atoms with Gasteiger partial charge >= 0.3 is 0 Å². The van der Waals surface area contributed by atoms with Crippen LogP contribution in [0.5, 0.6) is 0 Å². The van der Waals surface area contributed by atoms with Crippen molar-refractivity contribution in [3.05, 3.63) is 45.1 Å². The van der Waals surface area contributed by atoms with Crippen LogP contribution in [-0.2, 0) is 4.74 Å². The van der Waals surface area contributed by atoms with E-state index in [1.54, 1.807) is 0 Å². The predicted molar refractivity (Wildman–Crippen MR) is 97.9 cm³/mol. The number of halogens is 2. The van der Waals surface area contributed by atoms with Gasteiger partial charge in [-0.1, -0.05) is 23.2 Å². The van der Waals surface area contributed by atoms with E-state index >= 15 is 0 Å². The van der Waals surface area contributed by atoms with Gasteiger partial charge < -0.3 is 15.4 Å². The van der Waals surface area contributed by atoms with Gasteiger partial charge in [0.2, 0.25) is 5.95 Å². The quantitative estimate of drug-likeness (QED) is 0.871. The molecular weight excluding hydrogens is 347 g/mol. The second-order valence-corrected chi connectivity index (χ2v) is 6.80. The molecule has 0 bridgehead atoms. The van der Waals surface area contributed by atoms with Crippen LogP contribution < -0.4 is 10.6 Å². The summed E-state index contributed by atoms with van der Waals surface area (Å²) in [5, 5.41) is 1.37. The second-order valence-electron chi connectivity index (χ2n) is 5.99. The first-order valence-corrected chi connectivity index (χ1v) is 8.62. The Hall–Kier alpha value is -1.56. The molecule has 5 nitrogen and oxygen atoms in total. The Bertz CT molecular complexity index is 733.